The second kappa shape index (κ2) is 4.11. The summed E-state index contributed by atoms with van der Waals surface area (Å²) in [6.45, 7) is 0.834. The van der Waals surface area contributed by atoms with Crippen molar-refractivity contribution in [2.24, 2.45) is 5.92 Å². The highest BCUT2D eigenvalue weighted by Crippen LogP contribution is 2.30. The van der Waals surface area contributed by atoms with Gasteiger partial charge in [0, 0.05) is 11.6 Å². The third-order valence-corrected chi connectivity index (χ3v) is 2.73. The number of aromatic carboxylic acids is 1. The van der Waals surface area contributed by atoms with Crippen LogP contribution in [0.5, 0.6) is 0 Å². The average Bonchev–Trinajstić information content (AvgIpc) is 2.97. The molecule has 0 radical (unpaired) electrons. The summed E-state index contributed by atoms with van der Waals surface area (Å²) in [4.78, 5) is 10.9. The summed E-state index contributed by atoms with van der Waals surface area (Å²) >= 11 is 5.82. The lowest BCUT2D eigenvalue weighted by molar-refractivity contribution is 0.0698. The molecule has 0 unspecified atom stereocenters. The van der Waals surface area contributed by atoms with Gasteiger partial charge in [0.1, 0.15) is 0 Å². The van der Waals surface area contributed by atoms with Gasteiger partial charge in [-0.05, 0) is 37.0 Å². The summed E-state index contributed by atoms with van der Waals surface area (Å²) in [5.41, 5.74) is 0.891. The van der Waals surface area contributed by atoms with Crippen molar-refractivity contribution in [2.75, 3.05) is 11.9 Å². The van der Waals surface area contributed by atoms with Crippen molar-refractivity contribution >= 4 is 23.3 Å². The van der Waals surface area contributed by atoms with Crippen molar-refractivity contribution in [1.82, 2.24) is 0 Å². The van der Waals surface area contributed by atoms with Crippen molar-refractivity contribution < 1.29 is 9.90 Å². The van der Waals surface area contributed by atoms with Gasteiger partial charge in [-0.25, -0.2) is 4.79 Å². The van der Waals surface area contributed by atoms with E-state index in [0.29, 0.717) is 16.6 Å². The number of hydrogen-bond acceptors (Lipinski definition) is 2. The maximum atomic E-state index is 10.9. The second-order valence-electron chi connectivity index (χ2n) is 3.82. The molecule has 1 aromatic carbocycles. The summed E-state index contributed by atoms with van der Waals surface area (Å²) in [6.07, 6.45) is 2.46. The molecule has 0 bridgehead atoms. The number of halogens is 1. The Labute approximate surface area is 93.1 Å². The van der Waals surface area contributed by atoms with Gasteiger partial charge in [0.25, 0.3) is 0 Å². The van der Waals surface area contributed by atoms with E-state index in [-0.39, 0.29) is 5.56 Å². The van der Waals surface area contributed by atoms with Gasteiger partial charge in [-0.15, -0.1) is 0 Å². The number of nitrogens with one attached hydrogen (secondary N) is 1. The van der Waals surface area contributed by atoms with E-state index in [1.54, 1.807) is 12.1 Å². The molecule has 4 heteroatoms. The average molecular weight is 226 g/mol. The summed E-state index contributed by atoms with van der Waals surface area (Å²) in [5.74, 6) is -0.226. The maximum absolute atomic E-state index is 10.9. The minimum absolute atomic E-state index is 0.278. The van der Waals surface area contributed by atoms with Crippen LogP contribution in [0.4, 0.5) is 5.69 Å². The van der Waals surface area contributed by atoms with Crippen LogP contribution in [-0.2, 0) is 0 Å². The van der Waals surface area contributed by atoms with Gasteiger partial charge in [0.05, 0.1) is 11.3 Å². The molecule has 0 heterocycles. The standard InChI is InChI=1S/C11H12ClNO2/c12-8-3-4-9(11(14)15)10(5-8)13-6-7-1-2-7/h3-5,7,13H,1-2,6H2,(H,14,15). The molecular formula is C11H12ClNO2. The van der Waals surface area contributed by atoms with E-state index in [9.17, 15) is 4.79 Å². The Hall–Kier alpha value is -1.22. The highest BCUT2D eigenvalue weighted by atomic mass is 35.5. The molecule has 1 aromatic rings. The Morgan fingerprint density at radius 1 is 1.53 bits per heavy atom. The van der Waals surface area contributed by atoms with Crippen molar-refractivity contribution in [3.8, 4) is 0 Å². The molecule has 0 spiro atoms. The van der Waals surface area contributed by atoms with Crippen LogP contribution in [0.25, 0.3) is 0 Å². The number of benzene rings is 1. The van der Waals surface area contributed by atoms with Crippen LogP contribution in [0.1, 0.15) is 23.2 Å². The minimum atomic E-state index is -0.926. The van der Waals surface area contributed by atoms with E-state index in [1.807, 2.05) is 0 Å². The normalized spacial score (nSPS) is 15.0. The number of carboxylic acids is 1. The van der Waals surface area contributed by atoms with E-state index in [1.165, 1.54) is 18.9 Å². The van der Waals surface area contributed by atoms with E-state index in [2.05, 4.69) is 5.32 Å². The second-order valence-corrected chi connectivity index (χ2v) is 4.26. The lowest BCUT2D eigenvalue weighted by Gasteiger charge is -2.09. The molecule has 0 saturated heterocycles. The lowest BCUT2D eigenvalue weighted by atomic mass is 10.1. The van der Waals surface area contributed by atoms with Crippen molar-refractivity contribution in [3.05, 3.63) is 28.8 Å². The predicted octanol–water partition coefficient (Wildman–Crippen LogP) is 2.86. The molecule has 2 N–H and O–H groups in total. The number of rotatable bonds is 4. The number of carbonyl (C=O) groups is 1. The maximum Gasteiger partial charge on any atom is 0.337 e. The van der Waals surface area contributed by atoms with E-state index >= 15 is 0 Å². The first-order valence-electron chi connectivity index (χ1n) is 4.93. The molecule has 0 aromatic heterocycles. The van der Waals surface area contributed by atoms with Gasteiger partial charge >= 0.3 is 5.97 Å². The highest BCUT2D eigenvalue weighted by Gasteiger charge is 2.21. The smallest absolute Gasteiger partial charge is 0.337 e. The molecular weight excluding hydrogens is 214 g/mol. The predicted molar refractivity (Wildman–Crippen MR) is 59.6 cm³/mol. The minimum Gasteiger partial charge on any atom is -0.478 e. The summed E-state index contributed by atoms with van der Waals surface area (Å²) < 4.78 is 0. The summed E-state index contributed by atoms with van der Waals surface area (Å²) in [6, 6.07) is 4.78. The molecule has 1 aliphatic carbocycles. The molecule has 1 aliphatic rings. The van der Waals surface area contributed by atoms with Gasteiger partial charge in [-0.2, -0.15) is 0 Å². The SMILES string of the molecule is O=C(O)c1ccc(Cl)cc1NCC1CC1. The van der Waals surface area contributed by atoms with Crippen LogP contribution >= 0.6 is 11.6 Å². The highest BCUT2D eigenvalue weighted by molar-refractivity contribution is 6.31. The van der Waals surface area contributed by atoms with Crippen LogP contribution < -0.4 is 5.32 Å². The topological polar surface area (TPSA) is 49.3 Å². The monoisotopic (exact) mass is 225 g/mol. The summed E-state index contributed by atoms with van der Waals surface area (Å²) in [5, 5.41) is 12.6. The third-order valence-electron chi connectivity index (χ3n) is 2.49. The first kappa shape index (κ1) is 10.3. The molecule has 3 nitrogen and oxygen atoms in total. The zero-order chi connectivity index (χ0) is 10.8. The van der Waals surface area contributed by atoms with Crippen molar-refractivity contribution in [1.29, 1.82) is 0 Å². The molecule has 2 rings (SSSR count). The first-order chi connectivity index (χ1) is 7.16. The quantitative estimate of drug-likeness (QED) is 0.829. The molecule has 80 valence electrons. The molecule has 1 fully saturated rings. The number of carboxylic acid groups (broad SMARTS) is 1. The molecule has 0 atom stereocenters. The molecule has 15 heavy (non-hydrogen) atoms. The lowest BCUT2D eigenvalue weighted by Crippen LogP contribution is -2.08. The Bertz CT molecular complexity index is 388. The van der Waals surface area contributed by atoms with Crippen molar-refractivity contribution in [2.45, 2.75) is 12.8 Å². The van der Waals surface area contributed by atoms with E-state index in [0.717, 1.165) is 6.54 Å². The van der Waals surface area contributed by atoms with E-state index < -0.39 is 5.97 Å². The Morgan fingerprint density at radius 3 is 2.87 bits per heavy atom. The first-order valence-corrected chi connectivity index (χ1v) is 5.31. The van der Waals surface area contributed by atoms with Crippen LogP contribution in [0.2, 0.25) is 5.02 Å². The van der Waals surface area contributed by atoms with Crippen molar-refractivity contribution in [3.63, 3.8) is 0 Å². The Morgan fingerprint density at radius 2 is 2.27 bits per heavy atom. The zero-order valence-electron chi connectivity index (χ0n) is 8.16. The fourth-order valence-corrected chi connectivity index (χ4v) is 1.60. The zero-order valence-corrected chi connectivity index (χ0v) is 8.92. The molecule has 0 aliphatic heterocycles. The van der Waals surface area contributed by atoms with Gasteiger partial charge in [-0.3, -0.25) is 0 Å². The molecule has 0 amide bonds. The Kier molecular flexibility index (Phi) is 2.82. The largest absolute Gasteiger partial charge is 0.478 e. The van der Waals surface area contributed by atoms with Crippen LogP contribution in [0, 0.1) is 5.92 Å². The fraction of sp³-hybridized carbons (Fsp3) is 0.364. The Balaban J connectivity index is 2.16. The van der Waals surface area contributed by atoms with Gasteiger partial charge in [-0.1, -0.05) is 11.6 Å². The molecule has 1 saturated carbocycles. The van der Waals surface area contributed by atoms with Crippen LogP contribution in [0.15, 0.2) is 18.2 Å². The van der Waals surface area contributed by atoms with Gasteiger partial charge < -0.3 is 10.4 Å². The van der Waals surface area contributed by atoms with Crippen LogP contribution in [0.3, 0.4) is 0 Å². The third kappa shape index (κ3) is 2.63. The number of anilines is 1. The number of hydrogen-bond donors (Lipinski definition) is 2. The van der Waals surface area contributed by atoms with E-state index in [4.69, 9.17) is 16.7 Å². The summed E-state index contributed by atoms with van der Waals surface area (Å²) in [7, 11) is 0. The van der Waals surface area contributed by atoms with Gasteiger partial charge in [0.15, 0.2) is 0 Å². The van der Waals surface area contributed by atoms with Crippen LogP contribution in [-0.4, -0.2) is 17.6 Å². The van der Waals surface area contributed by atoms with Gasteiger partial charge in [0.2, 0.25) is 0 Å². The fourth-order valence-electron chi connectivity index (χ4n) is 1.43.